The van der Waals surface area contributed by atoms with Crippen LogP contribution >= 0.6 is 0 Å². The van der Waals surface area contributed by atoms with Gasteiger partial charge in [-0.2, -0.15) is 0 Å². The standard InChI is InChI=1S/C23H27NO2/c25-23(24-14-13-17-7-2-1-3-8-17)26-22-12-6-11-20-15-18-9-4-5-10-19(18)16-21(20)22/h1-3,7-8,15-16,22H,4-6,9-14H2,(H,24,25). The molecule has 0 aromatic heterocycles. The van der Waals surface area contributed by atoms with E-state index in [9.17, 15) is 4.79 Å². The fourth-order valence-electron chi connectivity index (χ4n) is 4.25. The van der Waals surface area contributed by atoms with Crippen LogP contribution in [-0.4, -0.2) is 12.6 Å². The van der Waals surface area contributed by atoms with E-state index in [1.807, 2.05) is 18.2 Å². The van der Waals surface area contributed by atoms with Gasteiger partial charge in [0.25, 0.3) is 0 Å². The summed E-state index contributed by atoms with van der Waals surface area (Å²) >= 11 is 0. The third-order valence-corrected chi connectivity index (χ3v) is 5.64. The number of rotatable bonds is 4. The van der Waals surface area contributed by atoms with Crippen molar-refractivity contribution in [1.29, 1.82) is 0 Å². The van der Waals surface area contributed by atoms with Gasteiger partial charge in [-0.15, -0.1) is 0 Å². The van der Waals surface area contributed by atoms with Gasteiger partial charge in [-0.25, -0.2) is 4.79 Å². The summed E-state index contributed by atoms with van der Waals surface area (Å²) in [6.45, 7) is 0.604. The molecule has 0 spiro atoms. The molecule has 3 heteroatoms. The van der Waals surface area contributed by atoms with Crippen molar-refractivity contribution in [3.8, 4) is 0 Å². The minimum Gasteiger partial charge on any atom is -0.441 e. The molecule has 4 rings (SSSR count). The summed E-state index contributed by atoms with van der Waals surface area (Å²) in [5.41, 5.74) is 6.84. The normalized spacial score (nSPS) is 18.5. The van der Waals surface area contributed by atoms with Gasteiger partial charge in [-0.1, -0.05) is 42.5 Å². The molecule has 2 aliphatic rings. The molecule has 0 aliphatic heterocycles. The van der Waals surface area contributed by atoms with Gasteiger partial charge in [0.1, 0.15) is 6.10 Å². The first-order chi connectivity index (χ1) is 12.8. The molecule has 3 nitrogen and oxygen atoms in total. The Labute approximate surface area is 155 Å². The lowest BCUT2D eigenvalue weighted by Crippen LogP contribution is -2.29. The average molecular weight is 349 g/mol. The Morgan fingerprint density at radius 3 is 2.50 bits per heavy atom. The number of fused-ring (bicyclic) bond motifs is 2. The predicted molar refractivity (Wildman–Crippen MR) is 103 cm³/mol. The summed E-state index contributed by atoms with van der Waals surface area (Å²) in [4.78, 5) is 12.3. The van der Waals surface area contributed by atoms with Gasteiger partial charge in [-0.05, 0) is 79.2 Å². The molecule has 1 unspecified atom stereocenters. The Bertz CT molecular complexity index is 769. The smallest absolute Gasteiger partial charge is 0.407 e. The van der Waals surface area contributed by atoms with E-state index in [1.165, 1.54) is 53.5 Å². The third kappa shape index (κ3) is 3.92. The molecule has 2 aromatic rings. The van der Waals surface area contributed by atoms with E-state index in [4.69, 9.17) is 4.74 Å². The van der Waals surface area contributed by atoms with Crippen molar-refractivity contribution in [1.82, 2.24) is 5.32 Å². The Kier molecular flexibility index (Phi) is 5.24. The fraction of sp³-hybridized carbons (Fsp3) is 0.435. The Hall–Kier alpha value is -2.29. The number of benzene rings is 2. The van der Waals surface area contributed by atoms with E-state index in [0.29, 0.717) is 6.54 Å². The largest absolute Gasteiger partial charge is 0.441 e. The van der Waals surface area contributed by atoms with Gasteiger partial charge >= 0.3 is 6.09 Å². The number of nitrogens with one attached hydrogen (secondary N) is 1. The first-order valence-corrected chi connectivity index (χ1v) is 9.92. The minimum atomic E-state index is -0.295. The highest BCUT2D eigenvalue weighted by Crippen LogP contribution is 2.36. The highest BCUT2D eigenvalue weighted by Gasteiger charge is 2.25. The van der Waals surface area contributed by atoms with Crippen LogP contribution in [0.5, 0.6) is 0 Å². The Morgan fingerprint density at radius 1 is 0.962 bits per heavy atom. The highest BCUT2D eigenvalue weighted by atomic mass is 16.6. The molecule has 136 valence electrons. The average Bonchev–Trinajstić information content (AvgIpc) is 2.68. The van der Waals surface area contributed by atoms with Crippen LogP contribution < -0.4 is 5.32 Å². The second kappa shape index (κ2) is 7.94. The van der Waals surface area contributed by atoms with Gasteiger partial charge in [0.05, 0.1) is 0 Å². The van der Waals surface area contributed by atoms with Crippen molar-refractivity contribution in [2.24, 2.45) is 0 Å². The number of amides is 1. The van der Waals surface area contributed by atoms with Crippen LogP contribution in [0.15, 0.2) is 42.5 Å². The fourth-order valence-corrected chi connectivity index (χ4v) is 4.25. The molecule has 1 amide bonds. The van der Waals surface area contributed by atoms with Crippen LogP contribution in [0.1, 0.15) is 59.6 Å². The molecule has 2 aromatic carbocycles. The SMILES string of the molecule is O=C(NCCc1ccccc1)OC1CCCc2cc3c(cc21)CCCC3. The summed E-state index contributed by atoms with van der Waals surface area (Å²) in [5.74, 6) is 0. The van der Waals surface area contributed by atoms with Crippen molar-refractivity contribution in [3.05, 3.63) is 70.3 Å². The summed E-state index contributed by atoms with van der Waals surface area (Å²) in [5, 5.41) is 2.91. The Morgan fingerprint density at radius 2 is 1.69 bits per heavy atom. The monoisotopic (exact) mass is 349 g/mol. The van der Waals surface area contributed by atoms with E-state index in [-0.39, 0.29) is 12.2 Å². The molecular weight excluding hydrogens is 322 g/mol. The van der Waals surface area contributed by atoms with Crippen LogP contribution in [-0.2, 0) is 30.4 Å². The second-order valence-corrected chi connectivity index (χ2v) is 7.48. The zero-order valence-corrected chi connectivity index (χ0v) is 15.3. The molecule has 0 heterocycles. The topological polar surface area (TPSA) is 38.3 Å². The quantitative estimate of drug-likeness (QED) is 0.851. The molecule has 2 aliphatic carbocycles. The lowest BCUT2D eigenvalue weighted by atomic mass is 9.82. The number of hydrogen-bond donors (Lipinski definition) is 1. The summed E-state index contributed by atoms with van der Waals surface area (Å²) in [7, 11) is 0. The van der Waals surface area contributed by atoms with E-state index in [1.54, 1.807) is 0 Å². The summed E-state index contributed by atoms with van der Waals surface area (Å²) in [6.07, 6.45) is 8.51. The first-order valence-electron chi connectivity index (χ1n) is 9.92. The van der Waals surface area contributed by atoms with Crippen molar-refractivity contribution in [3.63, 3.8) is 0 Å². The van der Waals surface area contributed by atoms with Crippen LogP contribution in [0.2, 0.25) is 0 Å². The number of carbonyl (C=O) groups is 1. The maximum absolute atomic E-state index is 12.3. The van der Waals surface area contributed by atoms with Crippen molar-refractivity contribution >= 4 is 6.09 Å². The number of aryl methyl sites for hydroxylation is 3. The molecule has 0 saturated heterocycles. The summed E-state index contributed by atoms with van der Waals surface area (Å²) < 4.78 is 5.80. The van der Waals surface area contributed by atoms with Crippen LogP contribution in [0.3, 0.4) is 0 Å². The predicted octanol–water partition coefficient (Wildman–Crippen LogP) is 4.91. The molecule has 1 atom stereocenters. The molecule has 0 fully saturated rings. The first kappa shape index (κ1) is 17.1. The van der Waals surface area contributed by atoms with E-state index < -0.39 is 0 Å². The molecule has 0 radical (unpaired) electrons. The number of hydrogen-bond acceptors (Lipinski definition) is 2. The van der Waals surface area contributed by atoms with E-state index >= 15 is 0 Å². The van der Waals surface area contributed by atoms with E-state index in [0.717, 1.165) is 25.7 Å². The Balaban J connectivity index is 1.37. The van der Waals surface area contributed by atoms with Gasteiger partial charge in [-0.3, -0.25) is 0 Å². The molecule has 1 N–H and O–H groups in total. The van der Waals surface area contributed by atoms with Gasteiger partial charge in [0.15, 0.2) is 0 Å². The molecule has 0 bridgehead atoms. The number of alkyl carbamates (subject to hydrolysis) is 1. The molecule has 26 heavy (non-hydrogen) atoms. The zero-order chi connectivity index (χ0) is 17.8. The van der Waals surface area contributed by atoms with Gasteiger partial charge in [0, 0.05) is 6.54 Å². The summed E-state index contributed by atoms with van der Waals surface area (Å²) in [6, 6.07) is 14.9. The third-order valence-electron chi connectivity index (χ3n) is 5.64. The van der Waals surface area contributed by atoms with Crippen molar-refractivity contribution in [2.45, 2.75) is 57.5 Å². The zero-order valence-electron chi connectivity index (χ0n) is 15.3. The lowest BCUT2D eigenvalue weighted by Gasteiger charge is -2.28. The highest BCUT2D eigenvalue weighted by molar-refractivity contribution is 5.67. The van der Waals surface area contributed by atoms with Crippen LogP contribution in [0, 0.1) is 0 Å². The van der Waals surface area contributed by atoms with Gasteiger partial charge in [0.2, 0.25) is 0 Å². The van der Waals surface area contributed by atoms with Crippen molar-refractivity contribution in [2.75, 3.05) is 6.54 Å². The van der Waals surface area contributed by atoms with Crippen LogP contribution in [0.25, 0.3) is 0 Å². The number of carbonyl (C=O) groups excluding carboxylic acids is 1. The molecule has 0 saturated carbocycles. The lowest BCUT2D eigenvalue weighted by molar-refractivity contribution is 0.0875. The maximum Gasteiger partial charge on any atom is 0.407 e. The van der Waals surface area contributed by atoms with Crippen molar-refractivity contribution < 1.29 is 9.53 Å². The van der Waals surface area contributed by atoms with Gasteiger partial charge < -0.3 is 10.1 Å². The molecular formula is C23H27NO2. The van der Waals surface area contributed by atoms with E-state index in [2.05, 4.69) is 29.6 Å². The van der Waals surface area contributed by atoms with Crippen LogP contribution in [0.4, 0.5) is 4.79 Å². The maximum atomic E-state index is 12.3. The number of ether oxygens (including phenoxy) is 1. The minimum absolute atomic E-state index is 0.0947. The second-order valence-electron chi connectivity index (χ2n) is 7.48.